The molecule has 1 spiro atoms. The van der Waals surface area contributed by atoms with E-state index < -0.39 is 5.41 Å². The molecule has 3 aliphatic heterocycles. The van der Waals surface area contributed by atoms with Crippen molar-refractivity contribution in [1.82, 2.24) is 9.13 Å². The minimum Gasteiger partial charge on any atom is -0.310 e. The molecule has 15 rings (SSSR count). The first-order valence-electron chi connectivity index (χ1n) is 30.2. The molecule has 0 saturated heterocycles. The van der Waals surface area contributed by atoms with Gasteiger partial charge in [0.05, 0.1) is 22.1 Å². The second-order valence-corrected chi connectivity index (χ2v) is 31.5. The predicted octanol–water partition coefficient (Wildman–Crippen LogP) is 18.6. The van der Waals surface area contributed by atoms with E-state index in [0.717, 1.165) is 0 Å². The van der Waals surface area contributed by atoms with Crippen LogP contribution < -0.4 is 16.4 Å². The van der Waals surface area contributed by atoms with Crippen LogP contribution in [0.4, 0.5) is 0 Å². The van der Waals surface area contributed by atoms with Crippen molar-refractivity contribution in [2.24, 2.45) is 0 Å². The van der Waals surface area contributed by atoms with E-state index in [4.69, 9.17) is 0 Å². The Morgan fingerprint density at radius 3 is 1.30 bits per heavy atom. The lowest BCUT2D eigenvalue weighted by atomic mass is 9.33. The normalized spacial score (nSPS) is 15.2. The highest BCUT2D eigenvalue weighted by Gasteiger charge is 2.56. The molecule has 4 aliphatic rings. The van der Waals surface area contributed by atoms with Crippen LogP contribution >= 0.6 is 0 Å². The molecule has 0 saturated carbocycles. The van der Waals surface area contributed by atoms with Gasteiger partial charge in [-0.1, -0.05) is 222 Å². The molecular weight excluding hydrogens is 976 g/mol. The van der Waals surface area contributed by atoms with E-state index in [-0.39, 0.29) is 39.2 Å². The standard InChI is InChI=1S/C78H79BN2/c1-42-24-28-51(50-23-21-20-22-49(42)50)58-41-62-71-66-70(58)80-65-31-27-43(72(2,3)4)32-54(65)55-34-47(76(14,15)16)39-63(68(55)80)79(66)64-40-48(77(17,18)19)35-57-56-33-46(75(11,12)13)38-61(67(56)81(71)69(57)64)78(62)59-36-44(73(5,6)7)25-29-52(59)53-30-26-45(37-60(53)78)74(8,9)10/h20-41H,1-19H3. The zero-order valence-electron chi connectivity index (χ0n) is 51.7. The molecule has 2 aromatic heterocycles. The monoisotopic (exact) mass is 1050 g/mol. The van der Waals surface area contributed by atoms with Crippen LogP contribution in [0, 0.1) is 6.92 Å². The summed E-state index contributed by atoms with van der Waals surface area (Å²) in [5, 5.41) is 8.03. The summed E-state index contributed by atoms with van der Waals surface area (Å²) in [7, 11) is 0. The Morgan fingerprint density at radius 2 is 0.753 bits per heavy atom. The molecule has 1 aliphatic carbocycles. The van der Waals surface area contributed by atoms with E-state index in [9.17, 15) is 0 Å². The van der Waals surface area contributed by atoms with Crippen LogP contribution in [0.25, 0.3) is 88.0 Å². The maximum atomic E-state index is 2.85. The maximum Gasteiger partial charge on any atom is 0.252 e. The average molecular weight is 1060 g/mol. The lowest BCUT2D eigenvalue weighted by Crippen LogP contribution is -2.61. The van der Waals surface area contributed by atoms with E-state index in [1.54, 1.807) is 0 Å². The van der Waals surface area contributed by atoms with Crippen molar-refractivity contribution < 1.29 is 0 Å². The predicted molar refractivity (Wildman–Crippen MR) is 351 cm³/mol. The number of aryl methyl sites for hydroxylation is 1. The number of benzene rings is 9. The van der Waals surface area contributed by atoms with Crippen molar-refractivity contribution in [1.29, 1.82) is 0 Å². The minimum atomic E-state index is -0.700. The highest BCUT2D eigenvalue weighted by atomic mass is 15.1. The molecular formula is C78H79BN2. The van der Waals surface area contributed by atoms with E-state index in [1.807, 2.05) is 0 Å². The summed E-state index contributed by atoms with van der Waals surface area (Å²) in [6, 6.07) is 55.4. The zero-order chi connectivity index (χ0) is 57.1. The fourth-order valence-corrected chi connectivity index (χ4v) is 15.5. The van der Waals surface area contributed by atoms with E-state index in [2.05, 4.69) is 274 Å². The van der Waals surface area contributed by atoms with Crippen molar-refractivity contribution in [2.45, 2.75) is 169 Å². The molecule has 9 aromatic carbocycles. The van der Waals surface area contributed by atoms with Gasteiger partial charge in [0.1, 0.15) is 0 Å². The topological polar surface area (TPSA) is 9.86 Å². The average Bonchev–Trinajstić information content (AvgIpc) is 3.11. The highest BCUT2D eigenvalue weighted by molar-refractivity contribution is 7.00. The van der Waals surface area contributed by atoms with E-state index in [1.165, 1.54) is 166 Å². The van der Waals surface area contributed by atoms with Crippen LogP contribution in [-0.4, -0.2) is 15.8 Å². The van der Waals surface area contributed by atoms with Gasteiger partial charge in [0.2, 0.25) is 0 Å². The molecule has 0 N–H and O–H groups in total. The Labute approximate surface area is 481 Å². The first kappa shape index (κ1) is 50.8. The molecule has 3 heteroatoms. The summed E-state index contributed by atoms with van der Waals surface area (Å²) >= 11 is 0. The fraction of sp³-hybridized carbons (Fsp3) is 0.333. The lowest BCUT2D eigenvalue weighted by Gasteiger charge is -2.45. The maximum absolute atomic E-state index is 2.85. The SMILES string of the molecule is Cc1ccc(-c2cc3c4c5c2-n2c6ccc(C(C)(C)C)cc6c6cc(C(C)(C)C)cc(c62)B5c2cc(C(C)(C)C)cc5c6cc(C(C)(C)C)cc(c6n-4c25)C32c3cc(C(C)(C)C)ccc3-c3ccc(C(C)(C)C)cc32)c2ccccc12. The largest absolute Gasteiger partial charge is 0.310 e. The number of nitrogens with zero attached hydrogens (tertiary/aromatic N) is 2. The second-order valence-electron chi connectivity index (χ2n) is 31.5. The van der Waals surface area contributed by atoms with Gasteiger partial charge in [0.15, 0.2) is 0 Å². The van der Waals surface area contributed by atoms with Crippen LogP contribution in [0.1, 0.15) is 186 Å². The zero-order valence-corrected chi connectivity index (χ0v) is 51.7. The molecule has 404 valence electrons. The second kappa shape index (κ2) is 15.5. The van der Waals surface area contributed by atoms with Gasteiger partial charge in [-0.25, -0.2) is 0 Å². The summed E-state index contributed by atoms with van der Waals surface area (Å²) in [4.78, 5) is 0. The number of fused-ring (bicyclic) bond motifs is 15. The molecule has 0 atom stereocenters. The molecule has 2 nitrogen and oxygen atoms in total. The Hall–Kier alpha value is -7.10. The molecule has 0 fully saturated rings. The minimum absolute atomic E-state index is 0.0300. The Bertz CT molecular complexity index is 4630. The first-order chi connectivity index (χ1) is 37.9. The summed E-state index contributed by atoms with van der Waals surface area (Å²) < 4.78 is 5.63. The van der Waals surface area contributed by atoms with Gasteiger partial charge >= 0.3 is 0 Å². The Balaban J connectivity index is 1.28. The molecule has 81 heavy (non-hydrogen) atoms. The fourth-order valence-electron chi connectivity index (χ4n) is 15.5. The van der Waals surface area contributed by atoms with Gasteiger partial charge in [-0.3, -0.25) is 0 Å². The summed E-state index contributed by atoms with van der Waals surface area (Å²) in [6.07, 6.45) is 0. The summed E-state index contributed by atoms with van der Waals surface area (Å²) in [6.45, 7) is 45.5. The quantitative estimate of drug-likeness (QED) is 0.145. The third-order valence-corrected chi connectivity index (χ3v) is 20.1. The number of hydrogen-bond acceptors (Lipinski definition) is 0. The smallest absolute Gasteiger partial charge is 0.252 e. The van der Waals surface area contributed by atoms with Gasteiger partial charge in [0.25, 0.3) is 6.71 Å². The van der Waals surface area contributed by atoms with Crippen LogP contribution in [0.5, 0.6) is 0 Å². The van der Waals surface area contributed by atoms with Crippen molar-refractivity contribution in [2.75, 3.05) is 0 Å². The van der Waals surface area contributed by atoms with Crippen molar-refractivity contribution in [3.8, 4) is 33.6 Å². The van der Waals surface area contributed by atoms with Gasteiger partial charge in [-0.2, -0.15) is 0 Å². The van der Waals surface area contributed by atoms with Gasteiger partial charge in [-0.15, -0.1) is 0 Å². The van der Waals surface area contributed by atoms with Crippen LogP contribution in [0.2, 0.25) is 0 Å². The first-order valence-corrected chi connectivity index (χ1v) is 30.2. The van der Waals surface area contributed by atoms with E-state index >= 15 is 0 Å². The number of rotatable bonds is 1. The number of hydrogen-bond donors (Lipinski definition) is 0. The molecule has 5 heterocycles. The lowest BCUT2D eigenvalue weighted by molar-refractivity contribution is 0.583. The van der Waals surface area contributed by atoms with Gasteiger partial charge in [-0.05, 0) is 181 Å². The number of aromatic nitrogens is 2. The molecule has 0 amide bonds. The van der Waals surface area contributed by atoms with Crippen LogP contribution in [0.15, 0.2) is 133 Å². The molecule has 0 radical (unpaired) electrons. The third-order valence-electron chi connectivity index (χ3n) is 20.1. The Morgan fingerprint density at radius 1 is 0.321 bits per heavy atom. The molecule has 11 aromatic rings. The molecule has 0 unspecified atom stereocenters. The van der Waals surface area contributed by atoms with Crippen LogP contribution in [0.3, 0.4) is 0 Å². The van der Waals surface area contributed by atoms with Gasteiger partial charge in [0, 0.05) is 43.8 Å². The van der Waals surface area contributed by atoms with Crippen LogP contribution in [-0.2, 0) is 37.9 Å². The van der Waals surface area contributed by atoms with Crippen molar-refractivity contribution >= 4 is 77.5 Å². The third kappa shape index (κ3) is 6.59. The highest BCUT2D eigenvalue weighted by Crippen LogP contribution is 2.64. The molecule has 0 bridgehead atoms. The van der Waals surface area contributed by atoms with Crippen molar-refractivity contribution in [3.05, 3.63) is 195 Å². The van der Waals surface area contributed by atoms with Crippen molar-refractivity contribution in [3.63, 3.8) is 0 Å². The summed E-state index contributed by atoms with van der Waals surface area (Å²) in [5.74, 6) is 0. The summed E-state index contributed by atoms with van der Waals surface area (Å²) in [5.41, 5.74) is 31.5. The Kier molecular flexibility index (Phi) is 9.73. The van der Waals surface area contributed by atoms with Gasteiger partial charge < -0.3 is 9.13 Å². The van der Waals surface area contributed by atoms with E-state index in [0.29, 0.717) is 0 Å².